The minimum Gasteiger partial charge on any atom is -0.384 e. The molecule has 0 aliphatic carbocycles. The third-order valence-electron chi connectivity index (χ3n) is 8.78. The Morgan fingerprint density at radius 3 is 2.31 bits per heavy atom. The van der Waals surface area contributed by atoms with Crippen LogP contribution in [0.2, 0.25) is 5.02 Å². The van der Waals surface area contributed by atoms with Crippen molar-refractivity contribution in [3.8, 4) is 0 Å². The predicted molar refractivity (Wildman–Crippen MR) is 173 cm³/mol. The van der Waals surface area contributed by atoms with E-state index in [-0.39, 0.29) is 25.3 Å². The Morgan fingerprint density at radius 1 is 1.02 bits per heavy atom. The van der Waals surface area contributed by atoms with Gasteiger partial charge in [0.25, 0.3) is 5.91 Å². The van der Waals surface area contributed by atoms with Gasteiger partial charge in [-0.25, -0.2) is 0 Å². The van der Waals surface area contributed by atoms with Gasteiger partial charge < -0.3 is 31.5 Å². The van der Waals surface area contributed by atoms with Gasteiger partial charge in [0.15, 0.2) is 6.10 Å². The largest absolute Gasteiger partial charge is 0.384 e. The minimum atomic E-state index is -1.69. The number of carbonyl (C=O) groups is 4. The molecule has 0 aromatic heterocycles. The van der Waals surface area contributed by atoms with Crippen LogP contribution in [0.3, 0.4) is 0 Å². The maximum atomic E-state index is 13.7. The van der Waals surface area contributed by atoms with E-state index in [1.165, 1.54) is 0 Å². The molecule has 0 bridgehead atoms. The second-order valence-corrected chi connectivity index (χ2v) is 12.7. The number of likely N-dealkylation sites (N-methyl/N-ethyl adjacent to an activating group) is 1. The van der Waals surface area contributed by atoms with E-state index >= 15 is 0 Å². The van der Waals surface area contributed by atoms with Crippen LogP contribution >= 0.6 is 11.6 Å². The molecule has 0 saturated carbocycles. The first-order chi connectivity index (χ1) is 21.3. The summed E-state index contributed by atoms with van der Waals surface area (Å²) in [5, 5.41) is 34.6. The van der Waals surface area contributed by atoms with Gasteiger partial charge >= 0.3 is 0 Å². The average molecular weight is 643 g/mol. The Kier molecular flexibility index (Phi) is 13.0. The summed E-state index contributed by atoms with van der Waals surface area (Å²) >= 11 is 6.30. The van der Waals surface area contributed by atoms with Crippen LogP contribution in [0.5, 0.6) is 0 Å². The highest BCUT2D eigenvalue weighted by Gasteiger charge is 2.48. The van der Waals surface area contributed by atoms with Gasteiger partial charge in [-0.3, -0.25) is 19.2 Å². The highest BCUT2D eigenvalue weighted by atomic mass is 35.5. The van der Waals surface area contributed by atoms with Crippen LogP contribution in [0.1, 0.15) is 77.3 Å². The van der Waals surface area contributed by atoms with Crippen molar-refractivity contribution in [2.24, 2.45) is 5.92 Å². The number of unbranched alkanes of at least 4 members (excludes halogenated alkanes) is 1. The van der Waals surface area contributed by atoms with E-state index in [0.29, 0.717) is 36.4 Å². The van der Waals surface area contributed by atoms with Crippen LogP contribution in [-0.2, 0) is 30.2 Å². The van der Waals surface area contributed by atoms with Gasteiger partial charge in [0.05, 0.1) is 12.5 Å². The van der Waals surface area contributed by atoms with E-state index in [2.05, 4.69) is 21.3 Å². The van der Waals surface area contributed by atoms with E-state index in [1.54, 1.807) is 49.4 Å². The number of carbonyl (C=O) groups excluding carboxylic acids is 4. The zero-order valence-corrected chi connectivity index (χ0v) is 27.3. The molecule has 1 aliphatic rings. The normalized spacial score (nSPS) is 18.2. The van der Waals surface area contributed by atoms with Gasteiger partial charge in [-0.2, -0.15) is 0 Å². The molecule has 246 valence electrons. The molecule has 1 heterocycles. The summed E-state index contributed by atoms with van der Waals surface area (Å²) < 4.78 is 0. The van der Waals surface area contributed by atoms with Crippen molar-refractivity contribution < 1.29 is 29.4 Å². The molecule has 2 aromatic rings. The summed E-state index contributed by atoms with van der Waals surface area (Å²) in [7, 11) is 0. The Labute approximate surface area is 270 Å². The van der Waals surface area contributed by atoms with Crippen molar-refractivity contribution in [1.29, 1.82) is 0 Å². The third-order valence-corrected chi connectivity index (χ3v) is 9.01. The molecule has 45 heavy (non-hydrogen) atoms. The van der Waals surface area contributed by atoms with Crippen LogP contribution in [0, 0.1) is 5.92 Å². The zero-order chi connectivity index (χ0) is 33.2. The molecular formula is C34H47ClN4O6. The number of aliphatic hydroxyl groups is 2. The first-order valence-corrected chi connectivity index (χ1v) is 16.1. The summed E-state index contributed by atoms with van der Waals surface area (Å²) in [5.41, 5.74) is -1.42. The number of halogens is 1. The monoisotopic (exact) mass is 642 g/mol. The molecule has 2 aromatic carbocycles. The van der Waals surface area contributed by atoms with Gasteiger partial charge in [0, 0.05) is 29.4 Å². The molecule has 10 nitrogen and oxygen atoms in total. The topological polar surface area (TPSA) is 157 Å². The summed E-state index contributed by atoms with van der Waals surface area (Å²) in [4.78, 5) is 52.3. The van der Waals surface area contributed by atoms with Crippen LogP contribution in [0.25, 0.3) is 0 Å². The lowest BCUT2D eigenvalue weighted by Gasteiger charge is -2.43. The van der Waals surface area contributed by atoms with Crippen LogP contribution in [-0.4, -0.2) is 65.1 Å². The summed E-state index contributed by atoms with van der Waals surface area (Å²) in [6.45, 7) is 8.11. The van der Waals surface area contributed by atoms with Gasteiger partial charge in [-0.1, -0.05) is 87.7 Å². The maximum absolute atomic E-state index is 13.7. The van der Waals surface area contributed by atoms with Crippen molar-refractivity contribution in [1.82, 2.24) is 21.3 Å². The highest BCUT2D eigenvalue weighted by molar-refractivity contribution is 6.30. The molecule has 11 heteroatoms. The summed E-state index contributed by atoms with van der Waals surface area (Å²) in [6, 6.07) is 14.0. The third kappa shape index (κ3) is 9.05. The fraction of sp³-hybridized carbons (Fsp3) is 0.529. The molecule has 3 rings (SSSR count). The molecule has 0 spiro atoms. The van der Waals surface area contributed by atoms with Crippen LogP contribution in [0.15, 0.2) is 54.6 Å². The number of hydrogen-bond acceptors (Lipinski definition) is 6. The fourth-order valence-electron chi connectivity index (χ4n) is 5.86. The van der Waals surface area contributed by atoms with E-state index in [1.807, 2.05) is 32.9 Å². The molecule has 5 atom stereocenters. The fourth-order valence-corrected chi connectivity index (χ4v) is 6.05. The SMILES string of the molecule is CCCC[C@H](NC(=O)CC(O)(c1ccccc1)C(C)(C)c1cccc(Cl)c1)C(=O)N[C@@H](C[C@@H]1CCNC1=O)C(O)C(=O)NCC. The summed E-state index contributed by atoms with van der Waals surface area (Å²) in [5.74, 6) is -2.47. The number of amides is 4. The molecule has 1 fully saturated rings. The Balaban J connectivity index is 1.87. The lowest BCUT2D eigenvalue weighted by molar-refractivity contribution is -0.137. The second kappa shape index (κ2) is 16.2. The van der Waals surface area contributed by atoms with Crippen molar-refractivity contribution in [2.75, 3.05) is 13.1 Å². The number of rotatable bonds is 16. The van der Waals surface area contributed by atoms with Crippen molar-refractivity contribution in [3.05, 3.63) is 70.7 Å². The molecule has 1 aliphatic heterocycles. The van der Waals surface area contributed by atoms with E-state index < -0.39 is 52.8 Å². The maximum Gasteiger partial charge on any atom is 0.250 e. The molecule has 6 N–H and O–H groups in total. The smallest absolute Gasteiger partial charge is 0.250 e. The lowest BCUT2D eigenvalue weighted by atomic mass is 9.65. The van der Waals surface area contributed by atoms with Crippen LogP contribution in [0.4, 0.5) is 0 Å². The molecule has 4 amide bonds. The van der Waals surface area contributed by atoms with E-state index in [0.717, 1.165) is 12.0 Å². The average Bonchev–Trinajstić information content (AvgIpc) is 3.42. The van der Waals surface area contributed by atoms with E-state index in [4.69, 9.17) is 11.6 Å². The van der Waals surface area contributed by atoms with Crippen LogP contribution < -0.4 is 21.3 Å². The molecule has 0 radical (unpaired) electrons. The van der Waals surface area contributed by atoms with Crippen molar-refractivity contribution in [3.63, 3.8) is 0 Å². The standard InChI is InChI=1S/C34H47ClN4O6/c1-5-7-16-26(31(43)39-27(29(41)32(44)36-6-2)19-22-17-18-37-30(22)42)38-28(40)21-34(45,23-12-9-8-10-13-23)33(3,4)24-14-11-15-25(35)20-24/h8-15,20,22,26-27,29,41,45H,5-7,16-19,21H2,1-4H3,(H,36,44)(H,37,42)(H,38,40)(H,39,43)/t22-,26-,27-,29?,34?/m0/s1. The lowest BCUT2D eigenvalue weighted by Crippen LogP contribution is -2.57. The number of nitrogens with one attached hydrogen (secondary N) is 4. The number of aliphatic hydroxyl groups excluding tert-OH is 1. The molecule has 1 saturated heterocycles. The molecular weight excluding hydrogens is 596 g/mol. The highest BCUT2D eigenvalue weighted by Crippen LogP contribution is 2.45. The first kappa shape index (κ1) is 36.0. The van der Waals surface area contributed by atoms with Gasteiger partial charge in [-0.15, -0.1) is 0 Å². The minimum absolute atomic E-state index is 0.0614. The zero-order valence-electron chi connectivity index (χ0n) is 26.6. The van der Waals surface area contributed by atoms with Crippen molar-refractivity contribution >= 4 is 35.2 Å². The van der Waals surface area contributed by atoms with Gasteiger partial charge in [0.2, 0.25) is 17.7 Å². The van der Waals surface area contributed by atoms with E-state index in [9.17, 15) is 29.4 Å². The van der Waals surface area contributed by atoms with Gasteiger partial charge in [-0.05, 0) is 49.4 Å². The second-order valence-electron chi connectivity index (χ2n) is 12.3. The first-order valence-electron chi connectivity index (χ1n) is 15.7. The molecule has 2 unspecified atom stereocenters. The quantitative estimate of drug-likeness (QED) is 0.165. The Morgan fingerprint density at radius 2 is 1.71 bits per heavy atom. The predicted octanol–water partition coefficient (Wildman–Crippen LogP) is 3.08. The number of benzene rings is 2. The number of hydrogen-bond donors (Lipinski definition) is 6. The van der Waals surface area contributed by atoms with Crippen molar-refractivity contribution in [2.45, 2.75) is 95.4 Å². The Hall–Kier alpha value is -3.47. The van der Waals surface area contributed by atoms with Gasteiger partial charge in [0.1, 0.15) is 11.6 Å². The Bertz CT molecular complexity index is 1320. The summed E-state index contributed by atoms with van der Waals surface area (Å²) in [6.07, 6.45) is 0.289.